The van der Waals surface area contributed by atoms with Gasteiger partial charge in [0.05, 0.1) is 11.9 Å². The van der Waals surface area contributed by atoms with Gasteiger partial charge in [0.25, 0.3) is 5.88 Å². The molecule has 0 saturated heterocycles. The van der Waals surface area contributed by atoms with E-state index in [1.54, 1.807) is 0 Å². The van der Waals surface area contributed by atoms with Gasteiger partial charge in [-0.2, -0.15) is 13.2 Å². The molecule has 0 aliphatic heterocycles. The highest BCUT2D eigenvalue weighted by Crippen LogP contribution is 2.35. The maximum atomic E-state index is 11.9. The van der Waals surface area contributed by atoms with E-state index >= 15 is 0 Å². The van der Waals surface area contributed by atoms with Crippen LogP contribution in [0, 0.1) is 0 Å². The molecule has 0 aromatic carbocycles. The molecule has 0 spiro atoms. The van der Waals surface area contributed by atoms with Gasteiger partial charge in [-0.25, -0.2) is 4.98 Å². The molecule has 2 N–H and O–H groups in total. The standard InChI is InChI=1S/C6H4F3N2O/c7-6(8,9)4-1-3(10)2-11-5(4)12/h1-2H,10H2. The molecule has 3 nitrogen and oxygen atoms in total. The zero-order chi connectivity index (χ0) is 9.35. The number of anilines is 1. The molecule has 1 aromatic heterocycles. The molecule has 0 fully saturated rings. The molecule has 0 saturated carbocycles. The fourth-order valence-corrected chi connectivity index (χ4v) is 0.671. The van der Waals surface area contributed by atoms with Crippen LogP contribution in [0.25, 0.3) is 0 Å². The summed E-state index contributed by atoms with van der Waals surface area (Å²) in [6, 6.07) is 0.565. The first-order chi connectivity index (χ1) is 5.41. The topological polar surface area (TPSA) is 58.8 Å². The van der Waals surface area contributed by atoms with E-state index in [9.17, 15) is 18.3 Å². The van der Waals surface area contributed by atoms with Gasteiger partial charge in [-0.15, -0.1) is 0 Å². The van der Waals surface area contributed by atoms with Crippen LogP contribution < -0.4 is 5.73 Å². The smallest absolute Gasteiger partial charge is 0.397 e. The quantitative estimate of drug-likeness (QED) is 0.657. The fourth-order valence-electron chi connectivity index (χ4n) is 0.671. The molecule has 1 rings (SSSR count). The van der Waals surface area contributed by atoms with Crippen molar-refractivity contribution in [2.45, 2.75) is 6.18 Å². The van der Waals surface area contributed by atoms with Crippen molar-refractivity contribution in [1.82, 2.24) is 4.98 Å². The van der Waals surface area contributed by atoms with Gasteiger partial charge >= 0.3 is 6.18 Å². The van der Waals surface area contributed by atoms with Crippen LogP contribution in [0.5, 0.6) is 5.88 Å². The number of nitrogen functional groups attached to an aromatic ring is 1. The van der Waals surface area contributed by atoms with E-state index in [0.29, 0.717) is 6.07 Å². The van der Waals surface area contributed by atoms with Crippen molar-refractivity contribution >= 4 is 5.69 Å². The van der Waals surface area contributed by atoms with Crippen molar-refractivity contribution in [3.63, 3.8) is 0 Å². The first-order valence-corrected chi connectivity index (χ1v) is 2.91. The number of hydrogen-bond acceptors (Lipinski definition) is 2. The minimum Gasteiger partial charge on any atom is -0.397 e. The van der Waals surface area contributed by atoms with Gasteiger partial charge in [-0.05, 0) is 6.07 Å². The van der Waals surface area contributed by atoms with Gasteiger partial charge in [-0.3, -0.25) is 5.11 Å². The van der Waals surface area contributed by atoms with E-state index < -0.39 is 17.6 Å². The summed E-state index contributed by atoms with van der Waals surface area (Å²) in [6.45, 7) is 0. The molecular weight excluding hydrogens is 173 g/mol. The number of rotatable bonds is 0. The van der Waals surface area contributed by atoms with Crippen molar-refractivity contribution in [3.8, 4) is 5.88 Å². The van der Waals surface area contributed by atoms with E-state index in [-0.39, 0.29) is 5.69 Å². The summed E-state index contributed by atoms with van der Waals surface area (Å²) in [7, 11) is 0. The third-order valence-corrected chi connectivity index (χ3v) is 1.18. The third kappa shape index (κ3) is 1.58. The van der Waals surface area contributed by atoms with E-state index in [4.69, 9.17) is 5.73 Å². The third-order valence-electron chi connectivity index (χ3n) is 1.18. The number of alkyl halides is 3. The normalized spacial score (nSPS) is 11.6. The Morgan fingerprint density at radius 2 is 2.00 bits per heavy atom. The van der Waals surface area contributed by atoms with Crippen LogP contribution in [0.1, 0.15) is 5.56 Å². The van der Waals surface area contributed by atoms with Crippen molar-refractivity contribution < 1.29 is 18.3 Å². The van der Waals surface area contributed by atoms with Crippen molar-refractivity contribution in [1.29, 1.82) is 0 Å². The molecule has 0 atom stereocenters. The zero-order valence-electron chi connectivity index (χ0n) is 5.72. The fraction of sp³-hybridized carbons (Fsp3) is 0.167. The summed E-state index contributed by atoms with van der Waals surface area (Å²) in [6.07, 6.45) is -3.79. The van der Waals surface area contributed by atoms with Gasteiger partial charge < -0.3 is 5.73 Å². The number of hydrogen-bond donors (Lipinski definition) is 1. The second-order valence-electron chi connectivity index (χ2n) is 2.12. The van der Waals surface area contributed by atoms with Gasteiger partial charge in [0.2, 0.25) is 0 Å². The van der Waals surface area contributed by atoms with Crippen LogP contribution in [0.2, 0.25) is 0 Å². The lowest BCUT2D eigenvalue weighted by Gasteiger charge is -2.06. The van der Waals surface area contributed by atoms with Crippen molar-refractivity contribution in [2.75, 3.05) is 5.73 Å². The van der Waals surface area contributed by atoms with Crippen molar-refractivity contribution in [2.24, 2.45) is 0 Å². The largest absolute Gasteiger partial charge is 0.421 e. The lowest BCUT2D eigenvalue weighted by Crippen LogP contribution is -2.06. The number of nitrogens with two attached hydrogens (primary N) is 1. The SMILES string of the molecule is Nc1cnc([O])c(C(F)(F)F)c1. The van der Waals surface area contributed by atoms with E-state index in [2.05, 4.69) is 4.98 Å². The predicted octanol–water partition coefficient (Wildman–Crippen LogP) is 1.83. The Morgan fingerprint density at radius 1 is 1.42 bits per heavy atom. The van der Waals surface area contributed by atoms with Gasteiger partial charge in [-0.1, -0.05) is 0 Å². The highest BCUT2D eigenvalue weighted by atomic mass is 19.4. The molecule has 1 aromatic rings. The van der Waals surface area contributed by atoms with E-state index in [0.717, 1.165) is 6.20 Å². The highest BCUT2D eigenvalue weighted by molar-refractivity contribution is 5.43. The summed E-state index contributed by atoms with van der Waals surface area (Å²) < 4.78 is 35.8. The second kappa shape index (κ2) is 2.54. The number of nitrogens with zero attached hydrogens (tertiary/aromatic N) is 1. The van der Waals surface area contributed by atoms with Crippen LogP contribution in [-0.4, -0.2) is 4.98 Å². The highest BCUT2D eigenvalue weighted by Gasteiger charge is 2.35. The number of pyridine rings is 1. The first kappa shape index (κ1) is 8.63. The molecular formula is C6H4F3N2O. The van der Waals surface area contributed by atoms with E-state index in [1.165, 1.54) is 0 Å². The van der Waals surface area contributed by atoms with Crippen LogP contribution in [-0.2, 0) is 11.3 Å². The molecule has 1 heterocycles. The van der Waals surface area contributed by atoms with Crippen LogP contribution in [0.3, 0.4) is 0 Å². The zero-order valence-corrected chi connectivity index (χ0v) is 5.72. The Kier molecular flexibility index (Phi) is 1.83. The summed E-state index contributed by atoms with van der Waals surface area (Å²) in [5.74, 6) is -1.31. The molecule has 1 radical (unpaired) electrons. The maximum Gasteiger partial charge on any atom is 0.421 e. The summed E-state index contributed by atoms with van der Waals surface area (Å²) >= 11 is 0. The Hall–Kier alpha value is -1.46. The Balaban J connectivity index is 3.23. The van der Waals surface area contributed by atoms with E-state index in [1.807, 2.05) is 0 Å². The average molecular weight is 177 g/mol. The predicted molar refractivity (Wildman–Crippen MR) is 33.8 cm³/mol. The minimum absolute atomic E-state index is 0.179. The van der Waals surface area contributed by atoms with Gasteiger partial charge in [0.15, 0.2) is 0 Å². The molecule has 0 bridgehead atoms. The summed E-state index contributed by atoms with van der Waals surface area (Å²) in [4.78, 5) is 2.94. The van der Waals surface area contributed by atoms with Crippen LogP contribution in [0.15, 0.2) is 12.3 Å². The van der Waals surface area contributed by atoms with Crippen LogP contribution in [0.4, 0.5) is 18.9 Å². The molecule has 12 heavy (non-hydrogen) atoms. The molecule has 0 unspecified atom stereocenters. The summed E-state index contributed by atoms with van der Waals surface area (Å²) in [5.41, 5.74) is 3.51. The molecule has 0 aliphatic carbocycles. The summed E-state index contributed by atoms with van der Waals surface area (Å²) in [5, 5.41) is 10.5. The molecule has 65 valence electrons. The lowest BCUT2D eigenvalue weighted by molar-refractivity contribution is -0.139. The van der Waals surface area contributed by atoms with Gasteiger partial charge in [0, 0.05) is 0 Å². The van der Waals surface area contributed by atoms with Crippen molar-refractivity contribution in [3.05, 3.63) is 17.8 Å². The van der Waals surface area contributed by atoms with Crippen LogP contribution >= 0.6 is 0 Å². The maximum absolute atomic E-state index is 11.9. The Morgan fingerprint density at radius 3 is 2.42 bits per heavy atom. The lowest BCUT2D eigenvalue weighted by atomic mass is 10.2. The first-order valence-electron chi connectivity index (χ1n) is 2.91. The number of halogens is 3. The average Bonchev–Trinajstić information content (AvgIpc) is 1.92. The van der Waals surface area contributed by atoms with Gasteiger partial charge in [0.1, 0.15) is 5.56 Å². The minimum atomic E-state index is -4.68. The molecule has 0 aliphatic rings. The monoisotopic (exact) mass is 177 g/mol. The second-order valence-corrected chi connectivity index (χ2v) is 2.12. The number of aromatic nitrogens is 1. The Labute approximate surface area is 65.6 Å². The Bertz CT molecular complexity index is 297. The molecule has 6 heteroatoms. The molecule has 0 amide bonds.